The molecule has 8 heteroatoms. The third-order valence-electron chi connectivity index (χ3n) is 4.48. The molecule has 0 atom stereocenters. The van der Waals surface area contributed by atoms with Gasteiger partial charge in [-0.2, -0.15) is 0 Å². The molecule has 1 N–H and O–H groups in total. The zero-order chi connectivity index (χ0) is 20.5. The summed E-state index contributed by atoms with van der Waals surface area (Å²) in [7, 11) is -3.70. The van der Waals surface area contributed by atoms with Crippen LogP contribution in [0, 0.1) is 5.41 Å². The quantitative estimate of drug-likeness (QED) is 0.716. The van der Waals surface area contributed by atoms with Crippen molar-refractivity contribution in [2.24, 2.45) is 5.41 Å². The van der Waals surface area contributed by atoms with E-state index in [9.17, 15) is 13.2 Å². The van der Waals surface area contributed by atoms with E-state index in [1.165, 1.54) is 11.3 Å². The molecule has 2 heterocycles. The predicted octanol–water partition coefficient (Wildman–Crippen LogP) is 4.05. The van der Waals surface area contributed by atoms with E-state index in [-0.39, 0.29) is 16.7 Å². The van der Waals surface area contributed by atoms with Gasteiger partial charge >= 0.3 is 0 Å². The third-order valence-corrected chi connectivity index (χ3v) is 7.58. The van der Waals surface area contributed by atoms with Crippen molar-refractivity contribution in [3.8, 4) is 5.75 Å². The van der Waals surface area contributed by atoms with Crippen molar-refractivity contribution in [1.82, 2.24) is 0 Å². The van der Waals surface area contributed by atoms with Crippen LogP contribution in [0.2, 0.25) is 0 Å². The highest BCUT2D eigenvalue weighted by atomic mass is 32.2. The van der Waals surface area contributed by atoms with Gasteiger partial charge in [0.2, 0.25) is 5.91 Å². The lowest BCUT2D eigenvalue weighted by Gasteiger charge is -2.27. The largest absolute Gasteiger partial charge is 0.490 e. The van der Waals surface area contributed by atoms with Crippen LogP contribution in [0.1, 0.15) is 25.6 Å². The number of fused-ring (bicyclic) bond motifs is 1. The third kappa shape index (κ3) is 3.93. The molecule has 28 heavy (non-hydrogen) atoms. The average Bonchev–Trinajstić information content (AvgIpc) is 3.11. The fourth-order valence-electron chi connectivity index (χ4n) is 2.92. The number of carbonyl (C=O) groups is 1. The Morgan fingerprint density at radius 3 is 2.71 bits per heavy atom. The smallest absolute Gasteiger partial charge is 0.271 e. The zero-order valence-corrected chi connectivity index (χ0v) is 17.8. The molecule has 1 aromatic carbocycles. The Labute approximate surface area is 169 Å². The maximum absolute atomic E-state index is 12.9. The Kier molecular flexibility index (Phi) is 5.54. The highest BCUT2D eigenvalue weighted by Gasteiger charge is 2.37. The van der Waals surface area contributed by atoms with Crippen LogP contribution in [0.25, 0.3) is 0 Å². The van der Waals surface area contributed by atoms with Gasteiger partial charge in [0.15, 0.2) is 0 Å². The lowest BCUT2D eigenvalue weighted by atomic mass is 9.93. The topological polar surface area (TPSA) is 75.7 Å². The standard InChI is InChI=1S/C20H24N2O4S2/c1-5-11-22-16-12-14(7-9-17(16)26-13-20(3,4)19(22)23)21-28(24,25)18-10-8-15(6-2)27-18/h5,7-10,12,21H,1,6,11,13H2,2-4H3. The molecular formula is C20H24N2O4S2. The van der Waals surface area contributed by atoms with Gasteiger partial charge < -0.3 is 9.64 Å². The van der Waals surface area contributed by atoms with Crippen LogP contribution in [0.4, 0.5) is 11.4 Å². The molecule has 0 radical (unpaired) electrons. The molecule has 0 bridgehead atoms. The fraction of sp³-hybridized carbons (Fsp3) is 0.350. The Hall–Kier alpha value is -2.32. The van der Waals surface area contributed by atoms with Crippen molar-refractivity contribution >= 4 is 38.6 Å². The molecule has 0 unspecified atom stereocenters. The van der Waals surface area contributed by atoms with E-state index in [0.717, 1.165) is 11.3 Å². The van der Waals surface area contributed by atoms with Crippen molar-refractivity contribution in [2.45, 2.75) is 31.4 Å². The first-order valence-corrected chi connectivity index (χ1v) is 11.3. The maximum Gasteiger partial charge on any atom is 0.271 e. The van der Waals surface area contributed by atoms with Crippen LogP contribution >= 0.6 is 11.3 Å². The van der Waals surface area contributed by atoms with E-state index >= 15 is 0 Å². The number of nitrogens with one attached hydrogen (secondary N) is 1. The molecule has 3 rings (SSSR count). The summed E-state index contributed by atoms with van der Waals surface area (Å²) in [6, 6.07) is 8.37. The first-order valence-electron chi connectivity index (χ1n) is 8.99. The summed E-state index contributed by atoms with van der Waals surface area (Å²) in [4.78, 5) is 15.5. The Balaban J connectivity index is 1.97. The minimum atomic E-state index is -3.70. The van der Waals surface area contributed by atoms with Crippen LogP contribution in [-0.2, 0) is 21.2 Å². The molecule has 1 aliphatic heterocycles. The number of thiophene rings is 1. The van der Waals surface area contributed by atoms with Crippen molar-refractivity contribution in [3.05, 3.63) is 47.9 Å². The number of ether oxygens (including phenoxy) is 1. The molecule has 6 nitrogen and oxygen atoms in total. The number of nitrogens with zero attached hydrogens (tertiary/aromatic N) is 1. The second kappa shape index (κ2) is 7.60. The number of benzene rings is 1. The van der Waals surface area contributed by atoms with E-state index in [2.05, 4.69) is 11.3 Å². The van der Waals surface area contributed by atoms with Gasteiger partial charge in [-0.1, -0.05) is 13.0 Å². The van der Waals surface area contributed by atoms with Crippen molar-refractivity contribution in [2.75, 3.05) is 22.8 Å². The van der Waals surface area contributed by atoms with Crippen LogP contribution in [-0.4, -0.2) is 27.5 Å². The molecule has 0 fully saturated rings. The Morgan fingerprint density at radius 1 is 1.32 bits per heavy atom. The first kappa shape index (κ1) is 20.4. The number of hydrogen-bond acceptors (Lipinski definition) is 5. The molecule has 0 saturated carbocycles. The minimum absolute atomic E-state index is 0.1000. The van der Waals surface area contributed by atoms with Crippen molar-refractivity contribution in [1.29, 1.82) is 0 Å². The van der Waals surface area contributed by atoms with E-state index < -0.39 is 15.4 Å². The molecule has 1 aliphatic rings. The van der Waals surface area contributed by atoms with Gasteiger partial charge in [-0.05, 0) is 50.6 Å². The lowest BCUT2D eigenvalue weighted by Crippen LogP contribution is -2.42. The predicted molar refractivity (Wildman–Crippen MR) is 113 cm³/mol. The summed E-state index contributed by atoms with van der Waals surface area (Å²) >= 11 is 1.25. The highest BCUT2D eigenvalue weighted by molar-refractivity contribution is 7.94. The second-order valence-electron chi connectivity index (χ2n) is 7.24. The van der Waals surface area contributed by atoms with Gasteiger partial charge in [-0.3, -0.25) is 9.52 Å². The lowest BCUT2D eigenvalue weighted by molar-refractivity contribution is -0.127. The highest BCUT2D eigenvalue weighted by Crippen LogP contribution is 2.38. The van der Waals surface area contributed by atoms with Crippen molar-refractivity contribution in [3.63, 3.8) is 0 Å². The van der Waals surface area contributed by atoms with E-state index in [4.69, 9.17) is 4.74 Å². The van der Waals surface area contributed by atoms with Crippen molar-refractivity contribution < 1.29 is 17.9 Å². The number of rotatable bonds is 6. The molecule has 1 aromatic heterocycles. The summed E-state index contributed by atoms with van der Waals surface area (Å²) in [5, 5.41) is 0. The fourth-order valence-corrected chi connectivity index (χ4v) is 5.26. The number of aryl methyl sites for hydroxylation is 1. The Bertz CT molecular complexity index is 1010. The Morgan fingerprint density at radius 2 is 2.07 bits per heavy atom. The van der Waals surface area contributed by atoms with Gasteiger partial charge in [0, 0.05) is 11.4 Å². The van der Waals surface area contributed by atoms with Gasteiger partial charge in [-0.15, -0.1) is 17.9 Å². The first-order chi connectivity index (χ1) is 13.2. The molecule has 0 saturated heterocycles. The number of anilines is 2. The number of hydrogen-bond donors (Lipinski definition) is 1. The van der Waals surface area contributed by atoms with Crippen LogP contribution < -0.4 is 14.4 Å². The zero-order valence-electron chi connectivity index (χ0n) is 16.2. The monoisotopic (exact) mass is 420 g/mol. The summed E-state index contributed by atoms with van der Waals surface area (Å²) in [6.45, 7) is 9.90. The van der Waals surface area contributed by atoms with Gasteiger partial charge in [0.05, 0.1) is 16.8 Å². The van der Waals surface area contributed by atoms with Crippen LogP contribution in [0.3, 0.4) is 0 Å². The van der Waals surface area contributed by atoms with Gasteiger partial charge in [-0.25, -0.2) is 8.42 Å². The molecule has 0 spiro atoms. The van der Waals surface area contributed by atoms with Gasteiger partial charge in [0.1, 0.15) is 16.6 Å². The normalized spacial score (nSPS) is 16.1. The molecule has 2 aromatic rings. The minimum Gasteiger partial charge on any atom is -0.490 e. The summed E-state index contributed by atoms with van der Waals surface area (Å²) in [6.07, 6.45) is 2.42. The second-order valence-corrected chi connectivity index (χ2v) is 10.3. The number of amides is 1. The summed E-state index contributed by atoms with van der Waals surface area (Å²) < 4.78 is 34.1. The summed E-state index contributed by atoms with van der Waals surface area (Å²) in [5.41, 5.74) is 0.196. The number of carbonyl (C=O) groups excluding carboxylic acids is 1. The summed E-state index contributed by atoms with van der Waals surface area (Å²) in [5.74, 6) is 0.435. The SMILES string of the molecule is C=CCN1C(=O)C(C)(C)COc2ccc(NS(=O)(=O)c3ccc(CC)s3)cc21. The van der Waals surface area contributed by atoms with E-state index in [1.54, 1.807) is 35.2 Å². The maximum atomic E-state index is 12.9. The van der Waals surface area contributed by atoms with E-state index in [0.29, 0.717) is 23.7 Å². The van der Waals surface area contributed by atoms with Crippen LogP contribution in [0.5, 0.6) is 5.75 Å². The molecular weight excluding hydrogens is 396 g/mol. The van der Waals surface area contributed by atoms with E-state index in [1.807, 2.05) is 26.8 Å². The molecule has 1 amide bonds. The molecule has 150 valence electrons. The van der Waals surface area contributed by atoms with Crippen LogP contribution in [0.15, 0.2) is 47.2 Å². The number of sulfonamides is 1. The molecule has 0 aliphatic carbocycles. The van der Waals surface area contributed by atoms with Gasteiger partial charge in [0.25, 0.3) is 10.0 Å². The average molecular weight is 421 g/mol.